The Hall–Kier alpha value is -2.78. The molecular formula is C21H21BrN2O6. The molecule has 30 heavy (non-hydrogen) atoms. The second-order valence-electron chi connectivity index (χ2n) is 6.60. The van der Waals surface area contributed by atoms with Gasteiger partial charge in [0.15, 0.2) is 5.78 Å². The topological polar surface area (TPSA) is 95.0 Å². The van der Waals surface area contributed by atoms with Crippen LogP contribution < -0.4 is 4.74 Å². The van der Waals surface area contributed by atoms with E-state index in [0.29, 0.717) is 41.3 Å². The van der Waals surface area contributed by atoms with Crippen LogP contribution in [0.15, 0.2) is 47.1 Å². The summed E-state index contributed by atoms with van der Waals surface area (Å²) in [6.45, 7) is 1.54. The van der Waals surface area contributed by atoms with Gasteiger partial charge in [-0.3, -0.25) is 14.4 Å². The van der Waals surface area contributed by atoms with E-state index in [9.17, 15) is 14.4 Å². The first-order chi connectivity index (χ1) is 14.5. The second-order valence-corrected chi connectivity index (χ2v) is 7.41. The average Bonchev–Trinajstić information content (AvgIpc) is 2.77. The Kier molecular flexibility index (Phi) is 7.53. The number of aromatic nitrogens is 1. The van der Waals surface area contributed by atoms with Crippen LogP contribution in [0.5, 0.6) is 5.75 Å². The molecule has 9 heteroatoms. The van der Waals surface area contributed by atoms with E-state index in [1.165, 1.54) is 7.11 Å². The first kappa shape index (κ1) is 21.9. The summed E-state index contributed by atoms with van der Waals surface area (Å²) in [6.07, 6.45) is -0.584. The van der Waals surface area contributed by atoms with E-state index in [4.69, 9.17) is 9.47 Å². The molecule has 0 bridgehead atoms. The maximum Gasteiger partial charge on any atom is 0.313 e. The molecule has 0 saturated carbocycles. The van der Waals surface area contributed by atoms with Crippen molar-refractivity contribution in [1.29, 1.82) is 0 Å². The maximum absolute atomic E-state index is 12.7. The fraction of sp³-hybridized carbons (Fsp3) is 0.333. The minimum absolute atomic E-state index is 0.155. The quantitative estimate of drug-likeness (QED) is 0.262. The van der Waals surface area contributed by atoms with Crippen LogP contribution >= 0.6 is 15.9 Å². The number of rotatable bonds is 7. The lowest BCUT2D eigenvalue weighted by Gasteiger charge is -2.32. The van der Waals surface area contributed by atoms with Crippen LogP contribution in [0.1, 0.15) is 27.3 Å². The normalized spacial score (nSPS) is 16.1. The van der Waals surface area contributed by atoms with Gasteiger partial charge in [0.2, 0.25) is 0 Å². The fourth-order valence-corrected chi connectivity index (χ4v) is 3.27. The number of morpholine rings is 1. The number of pyridine rings is 1. The third-order valence-corrected chi connectivity index (χ3v) is 4.95. The molecule has 158 valence electrons. The number of benzene rings is 1. The van der Waals surface area contributed by atoms with Gasteiger partial charge in [-0.15, -0.1) is 0 Å². The number of hydrogen-bond acceptors (Lipinski definition) is 7. The van der Waals surface area contributed by atoms with Crippen molar-refractivity contribution in [3.05, 3.63) is 58.3 Å². The molecule has 0 radical (unpaired) electrons. The number of carbonyl (C=O) groups is 3. The summed E-state index contributed by atoms with van der Waals surface area (Å²) in [6, 6.07) is 11.7. The van der Waals surface area contributed by atoms with E-state index in [1.807, 2.05) is 0 Å². The Labute approximate surface area is 182 Å². The molecule has 2 aromatic rings. The molecular weight excluding hydrogens is 456 g/mol. The summed E-state index contributed by atoms with van der Waals surface area (Å²) < 4.78 is 16.6. The summed E-state index contributed by atoms with van der Waals surface area (Å²) in [4.78, 5) is 41.7. The smallest absolute Gasteiger partial charge is 0.313 e. The summed E-state index contributed by atoms with van der Waals surface area (Å²) in [5, 5.41) is 0. The lowest BCUT2D eigenvalue weighted by Crippen LogP contribution is -2.47. The van der Waals surface area contributed by atoms with E-state index in [2.05, 4.69) is 25.7 Å². The Morgan fingerprint density at radius 3 is 2.67 bits per heavy atom. The Balaban J connectivity index is 1.52. The molecule has 1 unspecified atom stereocenters. The number of amides is 1. The van der Waals surface area contributed by atoms with E-state index in [-0.39, 0.29) is 30.8 Å². The van der Waals surface area contributed by atoms with Gasteiger partial charge in [-0.2, -0.15) is 0 Å². The van der Waals surface area contributed by atoms with Crippen LogP contribution in [0.2, 0.25) is 0 Å². The van der Waals surface area contributed by atoms with Crippen molar-refractivity contribution in [3.8, 4) is 5.75 Å². The van der Waals surface area contributed by atoms with Gasteiger partial charge in [0.25, 0.3) is 5.91 Å². The van der Waals surface area contributed by atoms with Gasteiger partial charge in [-0.05, 0) is 52.3 Å². The summed E-state index contributed by atoms with van der Waals surface area (Å²) >= 11 is 3.28. The number of halogens is 1. The number of esters is 1. The highest BCUT2D eigenvalue weighted by Gasteiger charge is 2.26. The van der Waals surface area contributed by atoms with Gasteiger partial charge in [0.05, 0.1) is 20.3 Å². The van der Waals surface area contributed by atoms with Gasteiger partial charge >= 0.3 is 5.97 Å². The first-order valence-corrected chi connectivity index (χ1v) is 10.1. The van der Waals surface area contributed by atoms with Gasteiger partial charge in [0, 0.05) is 12.1 Å². The Bertz CT molecular complexity index is 918. The largest absolute Gasteiger partial charge is 0.491 e. The van der Waals surface area contributed by atoms with Crippen LogP contribution in [0.25, 0.3) is 0 Å². The van der Waals surface area contributed by atoms with Crippen LogP contribution in [0, 0.1) is 0 Å². The predicted molar refractivity (Wildman–Crippen MR) is 110 cm³/mol. The van der Waals surface area contributed by atoms with Gasteiger partial charge in [0.1, 0.15) is 35.2 Å². The molecule has 0 aliphatic carbocycles. The van der Waals surface area contributed by atoms with Crippen LogP contribution in [-0.2, 0) is 14.3 Å². The lowest BCUT2D eigenvalue weighted by molar-refractivity contribution is -0.139. The van der Waals surface area contributed by atoms with Crippen LogP contribution in [0.4, 0.5) is 0 Å². The molecule has 2 heterocycles. The highest BCUT2D eigenvalue weighted by molar-refractivity contribution is 9.10. The molecule has 1 aromatic carbocycles. The van der Waals surface area contributed by atoms with Crippen molar-refractivity contribution in [2.24, 2.45) is 0 Å². The third-order valence-electron chi connectivity index (χ3n) is 4.50. The number of methoxy groups -OCH3 is 1. The number of ether oxygens (including phenoxy) is 3. The van der Waals surface area contributed by atoms with Crippen LogP contribution in [-0.4, -0.2) is 67.1 Å². The third kappa shape index (κ3) is 5.87. The molecule has 1 aromatic heterocycles. The molecule has 8 nitrogen and oxygen atoms in total. The second kappa shape index (κ2) is 10.3. The van der Waals surface area contributed by atoms with E-state index in [0.717, 1.165) is 0 Å². The summed E-state index contributed by atoms with van der Waals surface area (Å²) in [5.74, 6) is -0.491. The molecule has 1 fully saturated rings. The van der Waals surface area contributed by atoms with Crippen molar-refractivity contribution in [1.82, 2.24) is 9.88 Å². The van der Waals surface area contributed by atoms with Crippen LogP contribution in [0.3, 0.4) is 0 Å². The molecule has 1 aliphatic heterocycles. The first-order valence-electron chi connectivity index (χ1n) is 9.32. The SMILES string of the molecule is COC(=O)CC(=O)c1ccc(OCC2CN(C(=O)c3cccc(Br)n3)CCO2)cc1. The van der Waals surface area contributed by atoms with E-state index < -0.39 is 5.97 Å². The Morgan fingerprint density at radius 2 is 1.97 bits per heavy atom. The van der Waals surface area contributed by atoms with Crippen molar-refractivity contribution in [3.63, 3.8) is 0 Å². The zero-order valence-electron chi connectivity index (χ0n) is 16.4. The minimum Gasteiger partial charge on any atom is -0.491 e. The van der Waals surface area contributed by atoms with Gasteiger partial charge in [-0.1, -0.05) is 6.07 Å². The maximum atomic E-state index is 12.7. The number of hydrogen-bond donors (Lipinski definition) is 0. The lowest BCUT2D eigenvalue weighted by atomic mass is 10.1. The molecule has 0 N–H and O–H groups in total. The zero-order valence-corrected chi connectivity index (χ0v) is 18.0. The molecule has 1 aliphatic rings. The van der Waals surface area contributed by atoms with E-state index in [1.54, 1.807) is 47.4 Å². The van der Waals surface area contributed by atoms with Crippen molar-refractivity contribution in [2.75, 3.05) is 33.4 Å². The molecule has 0 spiro atoms. The van der Waals surface area contributed by atoms with Gasteiger partial charge in [-0.25, -0.2) is 4.98 Å². The Morgan fingerprint density at radius 1 is 1.20 bits per heavy atom. The monoisotopic (exact) mass is 476 g/mol. The molecule has 3 rings (SSSR count). The highest BCUT2D eigenvalue weighted by Crippen LogP contribution is 2.16. The zero-order chi connectivity index (χ0) is 21.5. The number of Topliss-reactive ketones (excluding diaryl/α,β-unsaturated/α-hetero) is 1. The fourth-order valence-electron chi connectivity index (χ4n) is 2.93. The van der Waals surface area contributed by atoms with Crippen molar-refractivity contribution in [2.45, 2.75) is 12.5 Å². The summed E-state index contributed by atoms with van der Waals surface area (Å²) in [7, 11) is 1.24. The molecule has 1 amide bonds. The standard InChI is InChI=1S/C21H21BrN2O6/c1-28-20(26)11-18(25)14-5-7-15(8-6-14)30-13-16-12-24(9-10-29-16)21(27)17-3-2-4-19(22)23-17/h2-8,16H,9-13H2,1H3. The van der Waals surface area contributed by atoms with E-state index >= 15 is 0 Å². The van der Waals surface area contributed by atoms with Crippen molar-refractivity contribution < 1.29 is 28.6 Å². The molecule has 1 saturated heterocycles. The van der Waals surface area contributed by atoms with Crippen molar-refractivity contribution >= 4 is 33.6 Å². The number of carbonyl (C=O) groups excluding carboxylic acids is 3. The number of ketones is 1. The highest BCUT2D eigenvalue weighted by atomic mass is 79.9. The predicted octanol–water partition coefficient (Wildman–Crippen LogP) is 2.51. The van der Waals surface area contributed by atoms with Gasteiger partial charge < -0.3 is 19.1 Å². The number of nitrogens with zero attached hydrogens (tertiary/aromatic N) is 2. The average molecular weight is 477 g/mol. The molecule has 1 atom stereocenters. The summed E-state index contributed by atoms with van der Waals surface area (Å²) in [5.41, 5.74) is 0.776. The minimum atomic E-state index is -0.577.